The molecule has 138 valence electrons. The molecule has 0 saturated carbocycles. The molecule has 0 fully saturated rings. The lowest BCUT2D eigenvalue weighted by molar-refractivity contribution is -0.118. The normalized spacial score (nSPS) is 10.5. The van der Waals surface area contributed by atoms with E-state index in [1.54, 1.807) is 24.3 Å². The van der Waals surface area contributed by atoms with Crippen LogP contribution in [0.3, 0.4) is 0 Å². The van der Waals surface area contributed by atoms with Crippen molar-refractivity contribution in [3.8, 4) is 5.75 Å². The average molecular weight is 354 g/mol. The Morgan fingerprint density at radius 1 is 1.04 bits per heavy atom. The molecule has 0 unspecified atom stereocenters. The smallest absolute Gasteiger partial charge is 0.262 e. The number of hydrogen-bond acceptors (Lipinski definition) is 3. The van der Waals surface area contributed by atoms with Gasteiger partial charge < -0.3 is 15.4 Å². The van der Waals surface area contributed by atoms with E-state index in [9.17, 15) is 9.59 Å². The Kier molecular flexibility index (Phi) is 7.21. The van der Waals surface area contributed by atoms with Gasteiger partial charge >= 0.3 is 0 Å². The van der Waals surface area contributed by atoms with Crippen molar-refractivity contribution in [3.05, 3.63) is 59.7 Å². The fraction of sp³-hybridized carbons (Fsp3) is 0.333. The molecular formula is C21H26N2O3. The van der Waals surface area contributed by atoms with Gasteiger partial charge in [0.1, 0.15) is 5.75 Å². The summed E-state index contributed by atoms with van der Waals surface area (Å²) in [5.41, 5.74) is 2.13. The van der Waals surface area contributed by atoms with Gasteiger partial charge in [-0.05, 0) is 42.2 Å². The van der Waals surface area contributed by atoms with Gasteiger partial charge in [-0.15, -0.1) is 0 Å². The molecule has 5 nitrogen and oxygen atoms in total. The molecule has 0 aliphatic rings. The van der Waals surface area contributed by atoms with Gasteiger partial charge in [-0.25, -0.2) is 0 Å². The van der Waals surface area contributed by atoms with Gasteiger partial charge in [-0.3, -0.25) is 9.59 Å². The number of nitrogens with one attached hydrogen (secondary N) is 2. The van der Waals surface area contributed by atoms with E-state index in [4.69, 9.17) is 4.74 Å². The molecule has 0 aliphatic heterocycles. The third-order valence-electron chi connectivity index (χ3n) is 3.90. The number of anilines is 1. The first kappa shape index (κ1) is 19.5. The van der Waals surface area contributed by atoms with Crippen LogP contribution in [-0.4, -0.2) is 25.0 Å². The van der Waals surface area contributed by atoms with E-state index < -0.39 is 0 Å². The predicted octanol–water partition coefficient (Wildman–Crippen LogP) is 3.97. The quantitative estimate of drug-likeness (QED) is 0.754. The van der Waals surface area contributed by atoms with Crippen LogP contribution < -0.4 is 15.4 Å². The van der Waals surface area contributed by atoms with Gasteiger partial charge in [0.05, 0.1) is 11.3 Å². The zero-order chi connectivity index (χ0) is 18.9. The van der Waals surface area contributed by atoms with Crippen molar-refractivity contribution in [2.75, 3.05) is 18.5 Å². The molecule has 0 spiro atoms. The SMILES string of the molecule is CCCNC(=O)c1ccccc1NC(=O)COc1ccc(C(C)C)cc1. The maximum Gasteiger partial charge on any atom is 0.262 e. The number of carbonyl (C=O) groups is 2. The summed E-state index contributed by atoms with van der Waals surface area (Å²) in [4.78, 5) is 24.4. The van der Waals surface area contributed by atoms with E-state index in [-0.39, 0.29) is 18.4 Å². The minimum Gasteiger partial charge on any atom is -0.484 e. The van der Waals surface area contributed by atoms with E-state index >= 15 is 0 Å². The molecule has 2 aromatic rings. The second-order valence-corrected chi connectivity index (χ2v) is 6.36. The summed E-state index contributed by atoms with van der Waals surface area (Å²) in [6.45, 7) is 6.70. The first-order valence-corrected chi connectivity index (χ1v) is 8.91. The highest BCUT2D eigenvalue weighted by Gasteiger charge is 2.13. The van der Waals surface area contributed by atoms with E-state index in [0.717, 1.165) is 6.42 Å². The Balaban J connectivity index is 1.94. The molecule has 0 atom stereocenters. The topological polar surface area (TPSA) is 67.4 Å². The molecule has 0 aromatic heterocycles. The van der Waals surface area contributed by atoms with Crippen molar-refractivity contribution in [3.63, 3.8) is 0 Å². The van der Waals surface area contributed by atoms with Crippen LogP contribution in [0.4, 0.5) is 5.69 Å². The van der Waals surface area contributed by atoms with Crippen LogP contribution in [0.2, 0.25) is 0 Å². The van der Waals surface area contributed by atoms with E-state index in [2.05, 4.69) is 24.5 Å². The molecule has 26 heavy (non-hydrogen) atoms. The molecule has 5 heteroatoms. The van der Waals surface area contributed by atoms with E-state index in [1.165, 1.54) is 5.56 Å². The van der Waals surface area contributed by atoms with Crippen LogP contribution in [0.5, 0.6) is 5.75 Å². The van der Waals surface area contributed by atoms with Crippen molar-refractivity contribution in [2.45, 2.75) is 33.1 Å². The van der Waals surface area contributed by atoms with Crippen molar-refractivity contribution in [1.29, 1.82) is 0 Å². The molecular weight excluding hydrogens is 328 g/mol. The second-order valence-electron chi connectivity index (χ2n) is 6.36. The first-order valence-electron chi connectivity index (χ1n) is 8.91. The Labute approximate surface area is 154 Å². The highest BCUT2D eigenvalue weighted by Crippen LogP contribution is 2.19. The monoisotopic (exact) mass is 354 g/mol. The third kappa shape index (κ3) is 5.62. The van der Waals surface area contributed by atoms with Gasteiger partial charge in [0.2, 0.25) is 0 Å². The summed E-state index contributed by atoms with van der Waals surface area (Å²) in [6.07, 6.45) is 0.851. The van der Waals surface area contributed by atoms with Gasteiger partial charge in [0.25, 0.3) is 11.8 Å². The molecule has 2 aromatic carbocycles. The van der Waals surface area contributed by atoms with Crippen LogP contribution in [0.15, 0.2) is 48.5 Å². The van der Waals surface area contributed by atoms with Crippen LogP contribution in [0.1, 0.15) is 49.0 Å². The molecule has 2 N–H and O–H groups in total. The standard InChI is InChI=1S/C21H26N2O3/c1-4-13-22-21(25)18-7-5-6-8-19(18)23-20(24)14-26-17-11-9-16(10-12-17)15(2)3/h5-12,15H,4,13-14H2,1-3H3,(H,22,25)(H,23,24). The third-order valence-corrected chi connectivity index (χ3v) is 3.90. The number of carbonyl (C=O) groups excluding carboxylic acids is 2. The molecule has 0 heterocycles. The van der Waals surface area contributed by atoms with E-state index in [0.29, 0.717) is 29.5 Å². The van der Waals surface area contributed by atoms with Crippen molar-refractivity contribution < 1.29 is 14.3 Å². The maximum absolute atomic E-state index is 12.2. The van der Waals surface area contributed by atoms with Gasteiger partial charge in [0.15, 0.2) is 6.61 Å². The Morgan fingerprint density at radius 2 is 1.73 bits per heavy atom. The van der Waals surface area contributed by atoms with Gasteiger partial charge in [-0.2, -0.15) is 0 Å². The summed E-state index contributed by atoms with van der Waals surface area (Å²) >= 11 is 0. The Morgan fingerprint density at radius 3 is 2.38 bits per heavy atom. The van der Waals surface area contributed by atoms with Crippen LogP contribution in [0, 0.1) is 0 Å². The van der Waals surface area contributed by atoms with E-state index in [1.807, 2.05) is 31.2 Å². The van der Waals surface area contributed by atoms with Crippen LogP contribution in [-0.2, 0) is 4.79 Å². The summed E-state index contributed by atoms with van der Waals surface area (Å²) in [7, 11) is 0. The Bertz CT molecular complexity index is 739. The highest BCUT2D eigenvalue weighted by atomic mass is 16.5. The maximum atomic E-state index is 12.2. The summed E-state index contributed by atoms with van der Waals surface area (Å²) < 4.78 is 5.53. The van der Waals surface area contributed by atoms with Crippen molar-refractivity contribution in [2.24, 2.45) is 0 Å². The van der Waals surface area contributed by atoms with Crippen LogP contribution >= 0.6 is 0 Å². The van der Waals surface area contributed by atoms with Crippen LogP contribution in [0.25, 0.3) is 0 Å². The predicted molar refractivity (Wildman–Crippen MR) is 104 cm³/mol. The molecule has 0 bridgehead atoms. The molecule has 0 saturated heterocycles. The molecule has 0 radical (unpaired) electrons. The first-order chi connectivity index (χ1) is 12.5. The second kappa shape index (κ2) is 9.61. The largest absolute Gasteiger partial charge is 0.484 e. The molecule has 0 aliphatic carbocycles. The summed E-state index contributed by atoms with van der Waals surface area (Å²) in [6, 6.07) is 14.6. The van der Waals surface area contributed by atoms with Gasteiger partial charge in [0, 0.05) is 6.54 Å². The Hall–Kier alpha value is -2.82. The number of hydrogen-bond donors (Lipinski definition) is 2. The lowest BCUT2D eigenvalue weighted by atomic mass is 10.0. The minimum absolute atomic E-state index is 0.119. The number of para-hydroxylation sites is 1. The fourth-order valence-corrected chi connectivity index (χ4v) is 2.41. The number of amides is 2. The zero-order valence-corrected chi connectivity index (χ0v) is 15.5. The average Bonchev–Trinajstić information content (AvgIpc) is 2.65. The van der Waals surface area contributed by atoms with Crippen molar-refractivity contribution >= 4 is 17.5 Å². The fourth-order valence-electron chi connectivity index (χ4n) is 2.41. The number of benzene rings is 2. The van der Waals surface area contributed by atoms with Crippen molar-refractivity contribution in [1.82, 2.24) is 5.32 Å². The highest BCUT2D eigenvalue weighted by molar-refractivity contribution is 6.04. The number of rotatable bonds is 8. The summed E-state index contributed by atoms with van der Waals surface area (Å²) in [5, 5.41) is 5.56. The lowest BCUT2D eigenvalue weighted by Crippen LogP contribution is -2.27. The zero-order valence-electron chi connectivity index (χ0n) is 15.5. The lowest BCUT2D eigenvalue weighted by Gasteiger charge is -2.12. The molecule has 2 amide bonds. The van der Waals surface area contributed by atoms with Gasteiger partial charge in [-0.1, -0.05) is 45.0 Å². The molecule has 2 rings (SSSR count). The summed E-state index contributed by atoms with van der Waals surface area (Å²) in [5.74, 6) is 0.572. The minimum atomic E-state index is -0.311. The number of ether oxygens (including phenoxy) is 1.